The quantitative estimate of drug-likeness (QED) is 0.240. The fourth-order valence-electron chi connectivity index (χ4n) is 0. The van der Waals surface area contributed by atoms with E-state index in [2.05, 4.69) is 5.16 Å². The van der Waals surface area contributed by atoms with Gasteiger partial charge < -0.3 is 16.0 Å². The molecule has 11 heavy (non-hydrogen) atoms. The molecule has 0 heterocycles. The minimum atomic E-state index is -0.167. The zero-order valence-electron chi connectivity index (χ0n) is 6.81. The molecule has 0 fully saturated rings. The van der Waals surface area contributed by atoms with E-state index in [0.29, 0.717) is 0 Å². The lowest BCUT2D eigenvalue weighted by molar-refractivity contribution is 0.216. The number of rotatable bonds is 0. The molecule has 0 aromatic rings. The second kappa shape index (κ2) is 16.4. The first-order valence-electron chi connectivity index (χ1n) is 2.63. The van der Waals surface area contributed by atoms with E-state index >= 15 is 0 Å². The van der Waals surface area contributed by atoms with Crippen LogP contribution >= 0.6 is 24.8 Å². The Kier molecular flexibility index (Phi) is 33.5. The number of aliphatic hydroxyl groups excluding tert-OH is 1. The van der Waals surface area contributed by atoms with Crippen molar-refractivity contribution < 1.29 is 10.3 Å². The van der Waals surface area contributed by atoms with Gasteiger partial charge >= 0.3 is 0 Å². The summed E-state index contributed by atoms with van der Waals surface area (Å²) in [6.07, 6.45) is -0.167. The summed E-state index contributed by atoms with van der Waals surface area (Å²) in [4.78, 5) is 0. The predicted octanol–water partition coefficient (Wildman–Crippen LogP) is 0.983. The monoisotopic (exact) mass is 206 g/mol. The third-order valence-electron chi connectivity index (χ3n) is 0.158. The standard InChI is InChI=1S/C3H8O.C2H6N2O.2ClH/c1-3(2)4;1-2(3)4-5;;/h3-4H,1-2H3;5H,1H3,(H2,3,4);2*1H. The van der Waals surface area contributed by atoms with Gasteiger partial charge in [-0.2, -0.15) is 0 Å². The van der Waals surface area contributed by atoms with E-state index in [0.717, 1.165) is 0 Å². The van der Waals surface area contributed by atoms with Crippen molar-refractivity contribution in [2.75, 3.05) is 0 Å². The van der Waals surface area contributed by atoms with Crippen LogP contribution in [0, 0.1) is 0 Å². The summed E-state index contributed by atoms with van der Waals surface area (Å²) < 4.78 is 0. The summed E-state index contributed by atoms with van der Waals surface area (Å²) in [5.74, 6) is 0.185. The molecule has 0 aromatic carbocycles. The molecule has 0 unspecified atom stereocenters. The van der Waals surface area contributed by atoms with E-state index < -0.39 is 0 Å². The number of oxime groups is 1. The number of hydrogen-bond acceptors (Lipinski definition) is 3. The SMILES string of the molecule is CC(C)O.CC(N)=NO.Cl.Cl. The molecule has 72 valence electrons. The molecule has 0 bridgehead atoms. The maximum atomic E-state index is 8.06. The van der Waals surface area contributed by atoms with E-state index in [1.807, 2.05) is 0 Å². The van der Waals surface area contributed by atoms with Crippen molar-refractivity contribution in [3.8, 4) is 0 Å². The Balaban J connectivity index is -0.0000000383. The smallest absolute Gasteiger partial charge is 0.135 e. The lowest BCUT2D eigenvalue weighted by Gasteiger charge is -1.80. The Morgan fingerprint density at radius 1 is 1.36 bits per heavy atom. The van der Waals surface area contributed by atoms with Crippen molar-refractivity contribution in [2.24, 2.45) is 10.9 Å². The summed E-state index contributed by atoms with van der Waals surface area (Å²) in [6.45, 7) is 4.94. The average Bonchev–Trinajstić information content (AvgIpc) is 1.65. The van der Waals surface area contributed by atoms with Crippen molar-refractivity contribution in [3.05, 3.63) is 0 Å². The number of amidine groups is 1. The van der Waals surface area contributed by atoms with Crippen LogP contribution < -0.4 is 5.73 Å². The van der Waals surface area contributed by atoms with Crippen LogP contribution in [0.5, 0.6) is 0 Å². The Morgan fingerprint density at radius 2 is 1.45 bits per heavy atom. The van der Waals surface area contributed by atoms with E-state index in [1.54, 1.807) is 13.8 Å². The Labute approximate surface area is 79.3 Å². The normalized spacial score (nSPS) is 8.64. The lowest BCUT2D eigenvalue weighted by atomic mass is 10.5. The molecule has 0 aliphatic rings. The highest BCUT2D eigenvalue weighted by atomic mass is 35.5. The third kappa shape index (κ3) is 183. The molecular formula is C5H16Cl2N2O2. The van der Waals surface area contributed by atoms with Gasteiger partial charge in [0.1, 0.15) is 5.84 Å². The molecule has 0 atom stereocenters. The van der Waals surface area contributed by atoms with Crippen LogP contribution in [0.3, 0.4) is 0 Å². The largest absolute Gasteiger partial charge is 0.409 e. The van der Waals surface area contributed by atoms with Crippen molar-refractivity contribution in [2.45, 2.75) is 26.9 Å². The second-order valence-electron chi connectivity index (χ2n) is 1.84. The van der Waals surface area contributed by atoms with Crippen LogP contribution in [0.1, 0.15) is 20.8 Å². The van der Waals surface area contributed by atoms with Crippen molar-refractivity contribution >= 4 is 30.6 Å². The highest BCUT2D eigenvalue weighted by molar-refractivity contribution is 5.85. The zero-order valence-corrected chi connectivity index (χ0v) is 8.45. The molecule has 6 heteroatoms. The van der Waals surface area contributed by atoms with Crippen molar-refractivity contribution in [3.63, 3.8) is 0 Å². The Morgan fingerprint density at radius 3 is 1.45 bits per heavy atom. The van der Waals surface area contributed by atoms with Gasteiger partial charge in [-0.1, -0.05) is 5.16 Å². The summed E-state index contributed by atoms with van der Waals surface area (Å²) in [5, 5.41) is 18.2. The number of aliphatic hydroxyl groups is 1. The Hall–Kier alpha value is -0.190. The summed E-state index contributed by atoms with van der Waals surface area (Å²) in [7, 11) is 0. The van der Waals surface area contributed by atoms with E-state index in [1.165, 1.54) is 6.92 Å². The highest BCUT2D eigenvalue weighted by Gasteiger charge is 1.69. The molecule has 0 amide bonds. The van der Waals surface area contributed by atoms with Crippen molar-refractivity contribution in [1.29, 1.82) is 0 Å². The van der Waals surface area contributed by atoms with Gasteiger partial charge in [-0.25, -0.2) is 0 Å². The van der Waals surface area contributed by atoms with E-state index in [9.17, 15) is 0 Å². The molecule has 4 nitrogen and oxygen atoms in total. The van der Waals surface area contributed by atoms with Gasteiger partial charge in [0.15, 0.2) is 0 Å². The highest BCUT2D eigenvalue weighted by Crippen LogP contribution is 1.65. The van der Waals surface area contributed by atoms with Crippen LogP contribution in [-0.4, -0.2) is 22.3 Å². The number of halogens is 2. The molecular weight excluding hydrogens is 191 g/mol. The molecule has 0 radical (unpaired) electrons. The number of nitrogens with two attached hydrogens (primary N) is 1. The van der Waals surface area contributed by atoms with Crippen LogP contribution in [0.15, 0.2) is 5.16 Å². The average molecular weight is 207 g/mol. The maximum Gasteiger partial charge on any atom is 0.135 e. The molecule has 0 saturated carbocycles. The molecule has 0 rings (SSSR count). The molecule has 0 saturated heterocycles. The lowest BCUT2D eigenvalue weighted by Crippen LogP contribution is -2.03. The minimum absolute atomic E-state index is 0. The zero-order chi connectivity index (χ0) is 7.86. The van der Waals surface area contributed by atoms with Crippen LogP contribution in [0.2, 0.25) is 0 Å². The van der Waals surface area contributed by atoms with Gasteiger partial charge in [-0.15, -0.1) is 24.8 Å². The molecule has 4 N–H and O–H groups in total. The van der Waals surface area contributed by atoms with E-state index in [4.69, 9.17) is 16.0 Å². The predicted molar refractivity (Wildman–Crippen MR) is 50.9 cm³/mol. The van der Waals surface area contributed by atoms with Gasteiger partial charge in [0.2, 0.25) is 0 Å². The fourth-order valence-corrected chi connectivity index (χ4v) is 0. The molecule has 0 aliphatic heterocycles. The third-order valence-corrected chi connectivity index (χ3v) is 0.158. The van der Waals surface area contributed by atoms with Gasteiger partial charge in [-0.05, 0) is 20.8 Å². The molecule has 0 aliphatic carbocycles. The Bertz CT molecular complexity index is 81.8. The first-order valence-corrected chi connectivity index (χ1v) is 2.63. The first-order chi connectivity index (χ1) is 4.00. The summed E-state index contributed by atoms with van der Waals surface area (Å²) >= 11 is 0. The van der Waals surface area contributed by atoms with Crippen LogP contribution in [0.4, 0.5) is 0 Å². The molecule has 0 aromatic heterocycles. The number of nitrogens with zero attached hydrogens (tertiary/aromatic N) is 1. The minimum Gasteiger partial charge on any atom is -0.409 e. The summed E-state index contributed by atoms with van der Waals surface area (Å²) in [6, 6.07) is 0. The van der Waals surface area contributed by atoms with Gasteiger partial charge in [0, 0.05) is 6.10 Å². The van der Waals surface area contributed by atoms with Crippen LogP contribution in [-0.2, 0) is 0 Å². The summed E-state index contributed by atoms with van der Waals surface area (Å²) in [5.41, 5.74) is 4.79. The van der Waals surface area contributed by atoms with Gasteiger partial charge in [-0.3, -0.25) is 0 Å². The van der Waals surface area contributed by atoms with Crippen LogP contribution in [0.25, 0.3) is 0 Å². The van der Waals surface area contributed by atoms with Crippen molar-refractivity contribution in [1.82, 2.24) is 0 Å². The van der Waals surface area contributed by atoms with Gasteiger partial charge in [0.05, 0.1) is 0 Å². The fraction of sp³-hybridized carbons (Fsp3) is 0.800. The second-order valence-corrected chi connectivity index (χ2v) is 1.84. The topological polar surface area (TPSA) is 78.8 Å². The number of hydrogen-bond donors (Lipinski definition) is 3. The molecule has 0 spiro atoms. The first kappa shape index (κ1) is 22.4. The van der Waals surface area contributed by atoms with E-state index in [-0.39, 0.29) is 36.8 Å². The van der Waals surface area contributed by atoms with Gasteiger partial charge in [0.25, 0.3) is 0 Å². The maximum absolute atomic E-state index is 8.06.